The quantitative estimate of drug-likeness (QED) is 0.627. The van der Waals surface area contributed by atoms with Crippen LogP contribution < -0.4 is 0 Å². The zero-order chi connectivity index (χ0) is 14.8. The van der Waals surface area contributed by atoms with E-state index in [1.165, 1.54) is 19.9 Å². The molecule has 0 unspecified atom stereocenters. The largest absolute Gasteiger partial charge is 0.451 e. The minimum atomic E-state index is -4.53. The van der Waals surface area contributed by atoms with Crippen molar-refractivity contribution in [3.05, 3.63) is 35.4 Å². The molecule has 0 radical (unpaired) electrons. The Morgan fingerprint density at radius 2 is 1.74 bits per heavy atom. The lowest BCUT2D eigenvalue weighted by Gasteiger charge is -2.23. The molecule has 0 bridgehead atoms. The minimum Gasteiger partial charge on any atom is -0.451 e. The molecule has 1 aromatic rings. The Balaban J connectivity index is 3.10. The number of alkyl halides is 3. The van der Waals surface area contributed by atoms with Crippen LogP contribution in [0.15, 0.2) is 24.3 Å². The van der Waals surface area contributed by atoms with Gasteiger partial charge in [-0.15, -0.1) is 0 Å². The lowest BCUT2D eigenvalue weighted by atomic mass is 9.95. The predicted molar refractivity (Wildman–Crippen MR) is 61.6 cm³/mol. The Hall–Kier alpha value is -1.85. The van der Waals surface area contributed by atoms with Gasteiger partial charge >= 0.3 is 12.1 Å². The zero-order valence-corrected chi connectivity index (χ0v) is 10.7. The second kappa shape index (κ2) is 5.03. The van der Waals surface area contributed by atoms with Crippen molar-refractivity contribution in [3.63, 3.8) is 0 Å². The van der Waals surface area contributed by atoms with E-state index >= 15 is 0 Å². The molecule has 0 N–H and O–H groups in total. The van der Waals surface area contributed by atoms with Crippen LogP contribution in [-0.2, 0) is 15.7 Å². The Bertz CT molecular complexity index is 504. The van der Waals surface area contributed by atoms with Gasteiger partial charge < -0.3 is 4.74 Å². The van der Waals surface area contributed by atoms with E-state index in [0.29, 0.717) is 0 Å². The number of ether oxygens (including phenoxy) is 1. The monoisotopic (exact) mass is 274 g/mol. The van der Waals surface area contributed by atoms with Crippen molar-refractivity contribution < 1.29 is 27.5 Å². The fraction of sp³-hybridized carbons (Fsp3) is 0.385. The summed E-state index contributed by atoms with van der Waals surface area (Å²) in [4.78, 5) is 22.9. The first-order chi connectivity index (χ1) is 8.54. The molecule has 3 nitrogen and oxygen atoms in total. The molecule has 0 saturated carbocycles. The van der Waals surface area contributed by atoms with Crippen LogP contribution in [0.3, 0.4) is 0 Å². The molecule has 104 valence electrons. The van der Waals surface area contributed by atoms with Crippen molar-refractivity contribution in [1.29, 1.82) is 0 Å². The molecule has 1 rings (SSSR count). The van der Waals surface area contributed by atoms with Crippen molar-refractivity contribution >= 4 is 11.8 Å². The zero-order valence-electron chi connectivity index (χ0n) is 10.7. The summed E-state index contributed by atoms with van der Waals surface area (Å²) in [7, 11) is 0. The third kappa shape index (κ3) is 3.81. The molecule has 0 amide bonds. The van der Waals surface area contributed by atoms with Crippen molar-refractivity contribution in [2.75, 3.05) is 0 Å². The van der Waals surface area contributed by atoms with Crippen molar-refractivity contribution in [1.82, 2.24) is 0 Å². The van der Waals surface area contributed by atoms with E-state index in [-0.39, 0.29) is 5.56 Å². The molecule has 0 atom stereocenters. The number of carbonyl (C=O) groups excluding carboxylic acids is 2. The Morgan fingerprint density at radius 3 is 2.21 bits per heavy atom. The Kier molecular flexibility index (Phi) is 4.03. The molecule has 0 spiro atoms. The molecule has 0 saturated heterocycles. The smallest absolute Gasteiger partial charge is 0.416 e. The van der Waals surface area contributed by atoms with Gasteiger partial charge in [0, 0.05) is 12.5 Å². The van der Waals surface area contributed by atoms with Gasteiger partial charge in [0.25, 0.3) is 0 Å². The standard InChI is InChI=1S/C13H13F3O3/c1-8(17)19-12(2,3)11(18)9-5-4-6-10(7-9)13(14,15)16/h4-7H,1-3H3. The number of carbonyl (C=O) groups is 2. The van der Waals surface area contributed by atoms with Crippen LogP contribution >= 0.6 is 0 Å². The molecular weight excluding hydrogens is 261 g/mol. The van der Waals surface area contributed by atoms with Gasteiger partial charge in [0.05, 0.1) is 5.56 Å². The van der Waals surface area contributed by atoms with Gasteiger partial charge in [0.15, 0.2) is 5.60 Å². The molecule has 0 aliphatic carbocycles. The Morgan fingerprint density at radius 1 is 1.16 bits per heavy atom. The molecule has 0 aromatic heterocycles. The number of hydrogen-bond acceptors (Lipinski definition) is 3. The first-order valence-corrected chi connectivity index (χ1v) is 5.45. The molecule has 0 aliphatic heterocycles. The predicted octanol–water partition coefficient (Wildman–Crippen LogP) is 3.23. The molecule has 0 heterocycles. The summed E-state index contributed by atoms with van der Waals surface area (Å²) in [6.45, 7) is 3.79. The van der Waals surface area contributed by atoms with Crippen LogP contribution in [0.5, 0.6) is 0 Å². The summed E-state index contributed by atoms with van der Waals surface area (Å²) in [5.41, 5.74) is -2.58. The maximum Gasteiger partial charge on any atom is 0.416 e. The van der Waals surface area contributed by atoms with Crippen LogP contribution in [0.25, 0.3) is 0 Å². The van der Waals surface area contributed by atoms with Gasteiger partial charge in [0.1, 0.15) is 0 Å². The number of hydrogen-bond donors (Lipinski definition) is 0. The third-order valence-electron chi connectivity index (χ3n) is 2.40. The molecule has 0 fully saturated rings. The summed E-state index contributed by atoms with van der Waals surface area (Å²) >= 11 is 0. The number of Topliss-reactive ketones (excluding diaryl/α,β-unsaturated/α-hetero) is 1. The van der Waals surface area contributed by atoms with Gasteiger partial charge in [-0.05, 0) is 26.0 Å². The van der Waals surface area contributed by atoms with Crippen LogP contribution in [0.2, 0.25) is 0 Å². The molecule has 1 aromatic carbocycles. The van der Waals surface area contributed by atoms with Crippen molar-refractivity contribution in [3.8, 4) is 0 Å². The van der Waals surface area contributed by atoms with Gasteiger partial charge in [-0.1, -0.05) is 12.1 Å². The van der Waals surface area contributed by atoms with E-state index in [4.69, 9.17) is 4.74 Å². The van der Waals surface area contributed by atoms with E-state index in [2.05, 4.69) is 0 Å². The van der Waals surface area contributed by atoms with Gasteiger partial charge in [-0.2, -0.15) is 13.2 Å². The molecular formula is C13H13F3O3. The highest BCUT2D eigenvalue weighted by Crippen LogP contribution is 2.30. The second-order valence-corrected chi connectivity index (χ2v) is 4.51. The highest BCUT2D eigenvalue weighted by atomic mass is 19.4. The number of benzene rings is 1. The van der Waals surface area contributed by atoms with Gasteiger partial charge in [0.2, 0.25) is 5.78 Å². The van der Waals surface area contributed by atoms with E-state index in [1.807, 2.05) is 0 Å². The lowest BCUT2D eigenvalue weighted by Crippen LogP contribution is -2.36. The maximum atomic E-state index is 12.5. The van der Waals surface area contributed by atoms with E-state index < -0.39 is 29.1 Å². The second-order valence-electron chi connectivity index (χ2n) is 4.51. The van der Waals surface area contributed by atoms with Gasteiger partial charge in [-0.25, -0.2) is 0 Å². The highest BCUT2D eigenvalue weighted by molar-refractivity contribution is 6.03. The van der Waals surface area contributed by atoms with Crippen LogP contribution in [0.4, 0.5) is 13.2 Å². The average Bonchev–Trinajstić information content (AvgIpc) is 2.25. The van der Waals surface area contributed by atoms with Gasteiger partial charge in [-0.3, -0.25) is 9.59 Å². The fourth-order valence-electron chi connectivity index (χ4n) is 1.59. The average molecular weight is 274 g/mol. The summed E-state index contributed by atoms with van der Waals surface area (Å²) in [5, 5.41) is 0. The van der Waals surface area contributed by atoms with E-state index in [1.54, 1.807) is 0 Å². The molecule has 19 heavy (non-hydrogen) atoms. The highest BCUT2D eigenvalue weighted by Gasteiger charge is 2.35. The maximum absolute atomic E-state index is 12.5. The van der Waals surface area contributed by atoms with Crippen LogP contribution in [0, 0.1) is 0 Å². The number of rotatable bonds is 3. The third-order valence-corrected chi connectivity index (χ3v) is 2.40. The first kappa shape index (κ1) is 15.2. The minimum absolute atomic E-state index is 0.152. The van der Waals surface area contributed by atoms with Crippen molar-refractivity contribution in [2.45, 2.75) is 32.5 Å². The lowest BCUT2D eigenvalue weighted by molar-refractivity contribution is -0.149. The molecule has 0 aliphatic rings. The molecule has 6 heteroatoms. The van der Waals surface area contributed by atoms with Crippen molar-refractivity contribution in [2.24, 2.45) is 0 Å². The SMILES string of the molecule is CC(=O)OC(C)(C)C(=O)c1cccc(C(F)(F)F)c1. The number of esters is 1. The summed E-state index contributed by atoms with van der Waals surface area (Å²) in [5.74, 6) is -1.36. The number of ketones is 1. The normalized spacial score (nSPS) is 12.1. The van der Waals surface area contributed by atoms with E-state index in [0.717, 1.165) is 25.1 Å². The van der Waals surface area contributed by atoms with E-state index in [9.17, 15) is 22.8 Å². The number of halogens is 3. The first-order valence-electron chi connectivity index (χ1n) is 5.45. The van der Waals surface area contributed by atoms with Crippen LogP contribution in [-0.4, -0.2) is 17.4 Å². The summed E-state index contributed by atoms with van der Waals surface area (Å²) in [6.07, 6.45) is -4.53. The summed E-state index contributed by atoms with van der Waals surface area (Å²) < 4.78 is 42.4. The topological polar surface area (TPSA) is 43.4 Å². The Labute approximate surface area is 108 Å². The summed E-state index contributed by atoms with van der Waals surface area (Å²) in [6, 6.07) is 4.01. The fourth-order valence-corrected chi connectivity index (χ4v) is 1.59. The van der Waals surface area contributed by atoms with Crippen LogP contribution in [0.1, 0.15) is 36.7 Å².